The molecule has 0 bridgehead atoms. The third-order valence-corrected chi connectivity index (χ3v) is 3.83. The highest BCUT2D eigenvalue weighted by molar-refractivity contribution is 14.1. The number of halogens is 1. The predicted molar refractivity (Wildman–Crippen MR) is 89.2 cm³/mol. The number of nitrogens with zero attached hydrogens (tertiary/aromatic N) is 1. The highest BCUT2D eigenvalue weighted by Crippen LogP contribution is 2.15. The molecule has 0 N–H and O–H groups in total. The summed E-state index contributed by atoms with van der Waals surface area (Å²) in [6.07, 6.45) is 5.39. The molecule has 0 aromatic heterocycles. The molecule has 0 unspecified atom stereocenters. The number of hydrogen-bond donors (Lipinski definition) is 0. The fraction of sp³-hybridized carbons (Fsp3) is 0.118. The molecular formula is C17H14INO. The van der Waals surface area contributed by atoms with Gasteiger partial charge in [-0.05, 0) is 40.3 Å². The second-order valence-electron chi connectivity index (χ2n) is 4.33. The minimum atomic E-state index is -0.0307. The molecule has 100 valence electrons. The zero-order valence-electron chi connectivity index (χ0n) is 10.9. The van der Waals surface area contributed by atoms with Gasteiger partial charge < -0.3 is 4.90 Å². The van der Waals surface area contributed by atoms with Gasteiger partial charge in [0.1, 0.15) is 0 Å². The Morgan fingerprint density at radius 1 is 1.10 bits per heavy atom. The van der Waals surface area contributed by atoms with Crippen LogP contribution in [0.3, 0.4) is 0 Å². The van der Waals surface area contributed by atoms with E-state index in [9.17, 15) is 4.79 Å². The molecule has 0 radical (unpaired) electrons. The van der Waals surface area contributed by atoms with Crippen molar-refractivity contribution in [1.82, 2.24) is 4.90 Å². The van der Waals surface area contributed by atoms with Crippen molar-refractivity contribution in [2.75, 3.05) is 6.54 Å². The van der Waals surface area contributed by atoms with Crippen LogP contribution in [0.25, 0.3) is 0 Å². The molecule has 0 atom stereocenters. The van der Waals surface area contributed by atoms with E-state index in [2.05, 4.69) is 28.5 Å². The van der Waals surface area contributed by atoms with Gasteiger partial charge in [0.15, 0.2) is 0 Å². The predicted octanol–water partition coefficient (Wildman–Crippen LogP) is 3.57. The van der Waals surface area contributed by atoms with Crippen LogP contribution in [0.5, 0.6) is 0 Å². The van der Waals surface area contributed by atoms with Gasteiger partial charge in [-0.1, -0.05) is 48.4 Å². The second kappa shape index (κ2) is 7.11. The van der Waals surface area contributed by atoms with E-state index in [1.165, 1.54) is 0 Å². The Labute approximate surface area is 132 Å². The molecule has 0 saturated heterocycles. The molecule has 3 heteroatoms. The van der Waals surface area contributed by atoms with Gasteiger partial charge in [0.05, 0.1) is 12.1 Å². The van der Waals surface area contributed by atoms with Gasteiger partial charge >= 0.3 is 0 Å². The molecule has 0 spiro atoms. The first-order chi connectivity index (χ1) is 9.72. The van der Waals surface area contributed by atoms with Gasteiger partial charge in [0.2, 0.25) is 0 Å². The minimum Gasteiger partial charge on any atom is -0.323 e. The van der Waals surface area contributed by atoms with E-state index in [0.29, 0.717) is 18.7 Å². The number of hydrogen-bond acceptors (Lipinski definition) is 1. The first kappa shape index (κ1) is 14.6. The van der Waals surface area contributed by atoms with Crippen molar-refractivity contribution in [3.63, 3.8) is 0 Å². The molecule has 2 rings (SSSR count). The zero-order valence-corrected chi connectivity index (χ0v) is 13.1. The summed E-state index contributed by atoms with van der Waals surface area (Å²) >= 11 is 2.17. The summed E-state index contributed by atoms with van der Waals surface area (Å²) in [7, 11) is 0. The van der Waals surface area contributed by atoms with Crippen molar-refractivity contribution < 1.29 is 4.79 Å². The molecule has 0 saturated carbocycles. The normalized spacial score (nSPS) is 9.80. The van der Waals surface area contributed by atoms with Gasteiger partial charge in [-0.25, -0.2) is 0 Å². The lowest BCUT2D eigenvalue weighted by molar-refractivity contribution is 0.0764. The monoisotopic (exact) mass is 375 g/mol. The third kappa shape index (κ3) is 3.61. The smallest absolute Gasteiger partial charge is 0.256 e. The van der Waals surface area contributed by atoms with Gasteiger partial charge in [0.25, 0.3) is 5.91 Å². The first-order valence-electron chi connectivity index (χ1n) is 6.23. The number of rotatable bonds is 4. The molecule has 2 aromatic carbocycles. The molecule has 2 nitrogen and oxygen atoms in total. The maximum atomic E-state index is 12.6. The Balaban J connectivity index is 2.23. The fourth-order valence-corrected chi connectivity index (χ4v) is 2.54. The average molecular weight is 375 g/mol. The van der Waals surface area contributed by atoms with Crippen LogP contribution >= 0.6 is 22.6 Å². The van der Waals surface area contributed by atoms with Gasteiger partial charge in [-0.3, -0.25) is 4.79 Å². The molecule has 0 aliphatic rings. The number of terminal acetylenes is 1. The molecule has 0 heterocycles. The largest absolute Gasteiger partial charge is 0.323 e. The van der Waals surface area contributed by atoms with Crippen molar-refractivity contribution in [3.8, 4) is 12.3 Å². The summed E-state index contributed by atoms with van der Waals surface area (Å²) in [4.78, 5) is 14.3. The topological polar surface area (TPSA) is 20.3 Å². The Hall–Kier alpha value is -1.80. The minimum absolute atomic E-state index is 0.0307. The summed E-state index contributed by atoms with van der Waals surface area (Å²) in [5.41, 5.74) is 1.77. The van der Waals surface area contributed by atoms with Gasteiger partial charge in [-0.15, -0.1) is 6.42 Å². The Morgan fingerprint density at radius 2 is 1.75 bits per heavy atom. The van der Waals surface area contributed by atoms with E-state index in [4.69, 9.17) is 6.42 Å². The Kier molecular flexibility index (Phi) is 5.19. The van der Waals surface area contributed by atoms with E-state index in [-0.39, 0.29) is 5.91 Å². The van der Waals surface area contributed by atoms with Gasteiger partial charge in [0, 0.05) is 10.1 Å². The van der Waals surface area contributed by atoms with Crippen LogP contribution in [0.1, 0.15) is 15.9 Å². The summed E-state index contributed by atoms with van der Waals surface area (Å²) in [6, 6.07) is 17.4. The SMILES string of the molecule is C#CCN(Cc1ccccc1)C(=O)c1ccccc1I. The van der Waals surface area contributed by atoms with E-state index in [1.54, 1.807) is 4.90 Å². The highest BCUT2D eigenvalue weighted by Gasteiger charge is 2.17. The lowest BCUT2D eigenvalue weighted by Crippen LogP contribution is -2.31. The molecule has 0 aliphatic carbocycles. The molecule has 0 fully saturated rings. The quantitative estimate of drug-likeness (QED) is 0.591. The number of amides is 1. The second-order valence-corrected chi connectivity index (χ2v) is 5.49. The van der Waals surface area contributed by atoms with Crippen LogP contribution in [-0.2, 0) is 6.54 Å². The summed E-state index contributed by atoms with van der Waals surface area (Å²) in [5, 5.41) is 0. The molecule has 20 heavy (non-hydrogen) atoms. The first-order valence-corrected chi connectivity index (χ1v) is 7.31. The van der Waals surface area contributed by atoms with Gasteiger partial charge in [-0.2, -0.15) is 0 Å². The van der Waals surface area contributed by atoms with Crippen LogP contribution in [0.2, 0.25) is 0 Å². The fourth-order valence-electron chi connectivity index (χ4n) is 1.92. The zero-order chi connectivity index (χ0) is 14.4. The van der Waals surface area contributed by atoms with Crippen LogP contribution in [0.15, 0.2) is 54.6 Å². The van der Waals surface area contributed by atoms with Crippen molar-refractivity contribution in [3.05, 3.63) is 69.3 Å². The molecular weight excluding hydrogens is 361 g/mol. The standard InChI is InChI=1S/C17H14INO/c1-2-12-19(13-14-8-4-3-5-9-14)17(20)15-10-6-7-11-16(15)18/h1,3-11H,12-13H2. The summed E-state index contributed by atoms with van der Waals surface area (Å²) < 4.78 is 0.935. The van der Waals surface area contributed by atoms with Crippen LogP contribution in [0, 0.1) is 15.9 Å². The lowest BCUT2D eigenvalue weighted by Gasteiger charge is -2.21. The maximum absolute atomic E-state index is 12.6. The third-order valence-electron chi connectivity index (χ3n) is 2.89. The van der Waals surface area contributed by atoms with Crippen molar-refractivity contribution in [2.45, 2.75) is 6.54 Å². The number of carbonyl (C=O) groups excluding carboxylic acids is 1. The van der Waals surface area contributed by atoms with Crippen LogP contribution in [-0.4, -0.2) is 17.4 Å². The molecule has 1 amide bonds. The van der Waals surface area contributed by atoms with Crippen molar-refractivity contribution >= 4 is 28.5 Å². The van der Waals surface area contributed by atoms with E-state index in [1.807, 2.05) is 54.6 Å². The molecule has 2 aromatic rings. The lowest BCUT2D eigenvalue weighted by atomic mass is 10.1. The van der Waals surface area contributed by atoms with E-state index in [0.717, 1.165) is 9.13 Å². The Morgan fingerprint density at radius 3 is 2.40 bits per heavy atom. The Bertz CT molecular complexity index is 631. The maximum Gasteiger partial charge on any atom is 0.256 e. The van der Waals surface area contributed by atoms with Crippen molar-refractivity contribution in [1.29, 1.82) is 0 Å². The van der Waals surface area contributed by atoms with Crippen molar-refractivity contribution in [2.24, 2.45) is 0 Å². The van der Waals surface area contributed by atoms with Crippen LogP contribution < -0.4 is 0 Å². The van der Waals surface area contributed by atoms with E-state index >= 15 is 0 Å². The van der Waals surface area contributed by atoms with Crippen LogP contribution in [0.4, 0.5) is 0 Å². The van der Waals surface area contributed by atoms with E-state index < -0.39 is 0 Å². The highest BCUT2D eigenvalue weighted by atomic mass is 127. The summed E-state index contributed by atoms with van der Waals surface area (Å²) in [6.45, 7) is 0.827. The summed E-state index contributed by atoms with van der Waals surface area (Å²) in [5.74, 6) is 2.53. The average Bonchev–Trinajstić information content (AvgIpc) is 2.48. The molecule has 0 aliphatic heterocycles. The number of carbonyl (C=O) groups is 1. The number of benzene rings is 2.